The lowest BCUT2D eigenvalue weighted by Crippen LogP contribution is -2.00. The Bertz CT molecular complexity index is 413. The molecule has 17 heavy (non-hydrogen) atoms. The average Bonchev–Trinajstić information content (AvgIpc) is 3.10. The Kier molecular flexibility index (Phi) is 4.07. The van der Waals surface area contributed by atoms with Gasteiger partial charge in [-0.15, -0.1) is 0 Å². The highest BCUT2D eigenvalue weighted by atomic mass is 32.2. The molecule has 1 aromatic rings. The third-order valence-electron chi connectivity index (χ3n) is 2.80. The molecule has 1 N–H and O–H groups in total. The van der Waals surface area contributed by atoms with Crippen LogP contribution in [-0.2, 0) is 4.74 Å². The zero-order valence-corrected chi connectivity index (χ0v) is 10.6. The Balaban J connectivity index is 1.86. The van der Waals surface area contributed by atoms with Crippen LogP contribution in [0.4, 0.5) is 0 Å². The summed E-state index contributed by atoms with van der Waals surface area (Å²) in [6.45, 7) is 2.64. The van der Waals surface area contributed by atoms with Crippen LogP contribution in [0.15, 0.2) is 23.1 Å². The van der Waals surface area contributed by atoms with Gasteiger partial charge in [0.05, 0.1) is 18.1 Å². The van der Waals surface area contributed by atoms with Crippen LogP contribution in [0.5, 0.6) is 0 Å². The molecule has 1 aliphatic carbocycles. The molecule has 92 valence electrons. The molecule has 0 atom stereocenters. The Morgan fingerprint density at radius 3 is 2.94 bits per heavy atom. The summed E-state index contributed by atoms with van der Waals surface area (Å²) in [5.41, 5.74) is 1.16. The van der Waals surface area contributed by atoms with E-state index >= 15 is 0 Å². The maximum atomic E-state index is 11.0. The number of carbonyl (C=O) groups is 1. The Morgan fingerprint density at radius 2 is 2.29 bits per heavy atom. The van der Waals surface area contributed by atoms with Crippen LogP contribution in [0.2, 0.25) is 0 Å². The first-order valence-electron chi connectivity index (χ1n) is 5.71. The number of rotatable bonds is 6. The first-order chi connectivity index (χ1) is 8.16. The first kappa shape index (κ1) is 12.5. The van der Waals surface area contributed by atoms with Crippen molar-refractivity contribution in [3.8, 4) is 0 Å². The van der Waals surface area contributed by atoms with Crippen molar-refractivity contribution in [1.29, 1.82) is 0 Å². The molecule has 1 saturated carbocycles. The van der Waals surface area contributed by atoms with Crippen LogP contribution in [0.3, 0.4) is 0 Å². The van der Waals surface area contributed by atoms with Gasteiger partial charge in [0.2, 0.25) is 0 Å². The van der Waals surface area contributed by atoms with E-state index in [1.807, 2.05) is 19.1 Å². The molecule has 0 amide bonds. The van der Waals surface area contributed by atoms with E-state index in [0.717, 1.165) is 23.0 Å². The van der Waals surface area contributed by atoms with Gasteiger partial charge in [-0.2, -0.15) is 0 Å². The van der Waals surface area contributed by atoms with Crippen LogP contribution < -0.4 is 0 Å². The third kappa shape index (κ3) is 3.75. The Labute approximate surface area is 105 Å². The number of benzene rings is 1. The van der Waals surface area contributed by atoms with Gasteiger partial charge in [0.1, 0.15) is 0 Å². The van der Waals surface area contributed by atoms with Gasteiger partial charge in [-0.05, 0) is 43.4 Å². The predicted octanol–water partition coefficient (Wildman–Crippen LogP) is 3.17. The van der Waals surface area contributed by atoms with Crippen LogP contribution in [0, 0.1) is 12.8 Å². The van der Waals surface area contributed by atoms with Crippen molar-refractivity contribution in [3.63, 3.8) is 0 Å². The van der Waals surface area contributed by atoms with E-state index in [0.29, 0.717) is 11.5 Å². The predicted molar refractivity (Wildman–Crippen MR) is 67.5 cm³/mol. The molecule has 0 aliphatic heterocycles. The standard InChI is InChI=1S/C13H16O3S/c1-9-2-5-11(6-12(9)13(14)15)17-8-16-7-10-3-4-10/h2,5-6,10H,3-4,7-8H2,1H3,(H,14,15). The quantitative estimate of drug-likeness (QED) is 0.480. The normalized spacial score (nSPS) is 14.9. The number of aromatic carboxylic acids is 1. The van der Waals surface area contributed by atoms with Gasteiger partial charge in [0, 0.05) is 4.90 Å². The molecule has 1 aromatic carbocycles. The minimum atomic E-state index is -0.871. The maximum Gasteiger partial charge on any atom is 0.335 e. The first-order valence-corrected chi connectivity index (χ1v) is 6.70. The van der Waals surface area contributed by atoms with Gasteiger partial charge in [-0.25, -0.2) is 4.79 Å². The smallest absolute Gasteiger partial charge is 0.335 e. The molecule has 0 aromatic heterocycles. The molecule has 4 heteroatoms. The number of hydrogen-bond donors (Lipinski definition) is 1. The second-order valence-corrected chi connectivity index (χ2v) is 5.35. The van der Waals surface area contributed by atoms with Gasteiger partial charge in [0.15, 0.2) is 0 Å². The third-order valence-corrected chi connectivity index (χ3v) is 3.67. The highest BCUT2D eigenvalue weighted by Crippen LogP contribution is 2.29. The summed E-state index contributed by atoms with van der Waals surface area (Å²) < 4.78 is 5.51. The van der Waals surface area contributed by atoms with Crippen LogP contribution >= 0.6 is 11.8 Å². The summed E-state index contributed by atoms with van der Waals surface area (Å²) in [6.07, 6.45) is 2.58. The lowest BCUT2D eigenvalue weighted by atomic mass is 10.1. The summed E-state index contributed by atoms with van der Waals surface area (Å²) in [5.74, 6) is 0.491. The number of carboxylic acids is 1. The molecule has 2 rings (SSSR count). The monoisotopic (exact) mass is 252 g/mol. The van der Waals surface area contributed by atoms with Gasteiger partial charge in [-0.3, -0.25) is 0 Å². The highest BCUT2D eigenvalue weighted by molar-refractivity contribution is 7.99. The van der Waals surface area contributed by atoms with Crippen molar-refractivity contribution in [2.45, 2.75) is 24.7 Å². The Hall–Kier alpha value is -1.00. The molecule has 0 unspecified atom stereocenters. The van der Waals surface area contributed by atoms with Gasteiger partial charge in [-0.1, -0.05) is 17.8 Å². The number of hydrogen-bond acceptors (Lipinski definition) is 3. The average molecular weight is 252 g/mol. The van der Waals surface area contributed by atoms with E-state index in [1.54, 1.807) is 17.8 Å². The van der Waals surface area contributed by atoms with Gasteiger partial charge in [0.25, 0.3) is 0 Å². The topological polar surface area (TPSA) is 46.5 Å². The van der Waals surface area contributed by atoms with Crippen molar-refractivity contribution >= 4 is 17.7 Å². The lowest BCUT2D eigenvalue weighted by molar-refractivity contribution is 0.0696. The van der Waals surface area contributed by atoms with Crippen molar-refractivity contribution in [3.05, 3.63) is 29.3 Å². The molecule has 0 radical (unpaired) electrons. The van der Waals surface area contributed by atoms with Crippen LogP contribution in [0.25, 0.3) is 0 Å². The number of aryl methyl sites for hydroxylation is 1. The van der Waals surface area contributed by atoms with E-state index in [1.165, 1.54) is 12.8 Å². The van der Waals surface area contributed by atoms with E-state index in [2.05, 4.69) is 0 Å². The highest BCUT2D eigenvalue weighted by Gasteiger charge is 2.20. The maximum absolute atomic E-state index is 11.0. The summed E-state index contributed by atoms with van der Waals surface area (Å²) in [7, 11) is 0. The largest absolute Gasteiger partial charge is 0.478 e. The number of ether oxygens (including phenoxy) is 1. The molecule has 3 nitrogen and oxygen atoms in total. The second-order valence-electron chi connectivity index (χ2n) is 4.36. The molecule has 0 spiro atoms. The second kappa shape index (κ2) is 5.56. The summed E-state index contributed by atoms with van der Waals surface area (Å²) >= 11 is 1.54. The fraction of sp³-hybridized carbons (Fsp3) is 0.462. The zero-order chi connectivity index (χ0) is 12.3. The SMILES string of the molecule is Cc1ccc(SCOCC2CC2)cc1C(=O)O. The zero-order valence-electron chi connectivity index (χ0n) is 9.81. The molecule has 0 heterocycles. The molecular weight excluding hydrogens is 236 g/mol. The molecule has 0 bridgehead atoms. The van der Waals surface area contributed by atoms with Gasteiger partial charge >= 0.3 is 5.97 Å². The number of thioether (sulfide) groups is 1. The fourth-order valence-electron chi connectivity index (χ4n) is 1.53. The van der Waals surface area contributed by atoms with E-state index in [4.69, 9.17) is 9.84 Å². The molecule has 1 aliphatic rings. The molecular formula is C13H16O3S. The summed E-state index contributed by atoms with van der Waals surface area (Å²) in [6, 6.07) is 5.49. The van der Waals surface area contributed by atoms with E-state index in [-0.39, 0.29) is 0 Å². The van der Waals surface area contributed by atoms with Crippen LogP contribution in [-0.4, -0.2) is 23.6 Å². The summed E-state index contributed by atoms with van der Waals surface area (Å²) in [5, 5.41) is 9.00. The van der Waals surface area contributed by atoms with Crippen molar-refractivity contribution < 1.29 is 14.6 Å². The Morgan fingerprint density at radius 1 is 1.53 bits per heavy atom. The minimum Gasteiger partial charge on any atom is -0.478 e. The van der Waals surface area contributed by atoms with E-state index in [9.17, 15) is 4.79 Å². The molecule has 0 saturated heterocycles. The van der Waals surface area contributed by atoms with Crippen molar-refractivity contribution in [1.82, 2.24) is 0 Å². The van der Waals surface area contributed by atoms with Gasteiger partial charge < -0.3 is 9.84 Å². The minimum absolute atomic E-state index is 0.372. The van der Waals surface area contributed by atoms with Crippen molar-refractivity contribution in [2.24, 2.45) is 5.92 Å². The van der Waals surface area contributed by atoms with E-state index < -0.39 is 5.97 Å². The number of carboxylic acid groups (broad SMARTS) is 1. The molecule has 1 fully saturated rings. The van der Waals surface area contributed by atoms with Crippen LogP contribution in [0.1, 0.15) is 28.8 Å². The summed E-state index contributed by atoms with van der Waals surface area (Å²) in [4.78, 5) is 11.9. The van der Waals surface area contributed by atoms with Crippen molar-refractivity contribution in [2.75, 3.05) is 12.5 Å². The fourth-order valence-corrected chi connectivity index (χ4v) is 2.21. The lowest BCUT2D eigenvalue weighted by Gasteiger charge is -2.06.